The third-order valence-corrected chi connectivity index (χ3v) is 3.84. The maximum atomic E-state index is 10.0. The number of nitrogens with zero attached hydrogens (tertiary/aromatic N) is 2. The zero-order chi connectivity index (χ0) is 11.0. The van der Waals surface area contributed by atoms with Gasteiger partial charge < -0.3 is 9.84 Å². The second-order valence-electron chi connectivity index (χ2n) is 4.22. The van der Waals surface area contributed by atoms with Crippen LogP contribution < -0.4 is 0 Å². The maximum absolute atomic E-state index is 10.0. The van der Waals surface area contributed by atoms with E-state index in [9.17, 15) is 5.11 Å². The van der Waals surface area contributed by atoms with Gasteiger partial charge in [0.15, 0.2) is 4.96 Å². The standard InChI is InChI=1S/C11H14N2O2S/c14-10(8-1-3-15-7-8)5-9-6-13-2-4-16-11(13)12-9/h2,4,6,8,10,14H,1,3,5,7H2. The third-order valence-electron chi connectivity index (χ3n) is 3.07. The minimum absolute atomic E-state index is 0.278. The number of aliphatic hydroxyl groups is 1. The van der Waals surface area contributed by atoms with Gasteiger partial charge in [-0.25, -0.2) is 4.98 Å². The van der Waals surface area contributed by atoms with Crippen LogP contribution in [0.5, 0.6) is 0 Å². The molecule has 1 aliphatic heterocycles. The first-order valence-electron chi connectivity index (χ1n) is 5.50. The minimum atomic E-state index is -0.327. The second kappa shape index (κ2) is 4.16. The van der Waals surface area contributed by atoms with Crippen LogP contribution in [0.3, 0.4) is 0 Å². The molecular weight excluding hydrogens is 224 g/mol. The normalized spacial score (nSPS) is 22.9. The largest absolute Gasteiger partial charge is 0.392 e. The molecule has 2 unspecified atom stereocenters. The smallest absolute Gasteiger partial charge is 0.193 e. The number of aromatic nitrogens is 2. The molecule has 1 aliphatic rings. The van der Waals surface area contributed by atoms with Gasteiger partial charge in [-0.3, -0.25) is 4.40 Å². The molecule has 0 saturated carbocycles. The summed E-state index contributed by atoms with van der Waals surface area (Å²) in [4.78, 5) is 5.46. The number of hydrogen-bond donors (Lipinski definition) is 1. The molecule has 0 bridgehead atoms. The van der Waals surface area contributed by atoms with E-state index in [2.05, 4.69) is 4.98 Å². The first kappa shape index (κ1) is 10.3. The Hall–Kier alpha value is -0.910. The van der Waals surface area contributed by atoms with Gasteiger partial charge in [-0.05, 0) is 6.42 Å². The Bertz CT molecular complexity index is 444. The molecular formula is C11H14N2O2S. The van der Waals surface area contributed by atoms with Crippen LogP contribution >= 0.6 is 11.3 Å². The lowest BCUT2D eigenvalue weighted by Crippen LogP contribution is -2.23. The number of imidazole rings is 1. The molecule has 1 saturated heterocycles. The number of rotatable bonds is 3. The van der Waals surface area contributed by atoms with Gasteiger partial charge in [0.2, 0.25) is 0 Å². The lowest BCUT2D eigenvalue weighted by atomic mass is 9.98. The van der Waals surface area contributed by atoms with Gasteiger partial charge in [0.25, 0.3) is 0 Å². The van der Waals surface area contributed by atoms with Crippen LogP contribution in [0.25, 0.3) is 4.96 Å². The van der Waals surface area contributed by atoms with Crippen LogP contribution in [0.15, 0.2) is 17.8 Å². The van der Waals surface area contributed by atoms with E-state index < -0.39 is 0 Å². The van der Waals surface area contributed by atoms with Crippen LogP contribution in [0.2, 0.25) is 0 Å². The SMILES string of the molecule is OC(Cc1cn2ccsc2n1)C1CCOC1. The fourth-order valence-electron chi connectivity index (χ4n) is 2.11. The zero-order valence-corrected chi connectivity index (χ0v) is 9.69. The van der Waals surface area contributed by atoms with Gasteiger partial charge in [-0.2, -0.15) is 0 Å². The summed E-state index contributed by atoms with van der Waals surface area (Å²) in [6.45, 7) is 1.46. The Labute approximate surface area is 97.5 Å². The fraction of sp³-hybridized carbons (Fsp3) is 0.545. The molecule has 4 nitrogen and oxygen atoms in total. The van der Waals surface area contributed by atoms with Crippen molar-refractivity contribution in [3.8, 4) is 0 Å². The summed E-state index contributed by atoms with van der Waals surface area (Å²) in [5, 5.41) is 12.0. The summed E-state index contributed by atoms with van der Waals surface area (Å²) in [5.41, 5.74) is 0.964. The first-order chi connectivity index (χ1) is 7.83. The molecule has 3 heterocycles. The second-order valence-corrected chi connectivity index (χ2v) is 5.09. The van der Waals surface area contributed by atoms with Crippen molar-refractivity contribution >= 4 is 16.3 Å². The van der Waals surface area contributed by atoms with Crippen LogP contribution in [-0.4, -0.2) is 33.8 Å². The Morgan fingerprint density at radius 1 is 1.69 bits per heavy atom. The Morgan fingerprint density at radius 2 is 2.62 bits per heavy atom. The van der Waals surface area contributed by atoms with Crippen LogP contribution in [-0.2, 0) is 11.2 Å². The molecule has 3 rings (SSSR count). The average molecular weight is 238 g/mol. The minimum Gasteiger partial charge on any atom is -0.392 e. The van der Waals surface area contributed by atoms with Crippen LogP contribution in [0.1, 0.15) is 12.1 Å². The molecule has 2 atom stereocenters. The van der Waals surface area contributed by atoms with Gasteiger partial charge in [-0.15, -0.1) is 11.3 Å². The van der Waals surface area contributed by atoms with Crippen molar-refractivity contribution in [3.63, 3.8) is 0 Å². The van der Waals surface area contributed by atoms with E-state index in [4.69, 9.17) is 4.74 Å². The lowest BCUT2D eigenvalue weighted by Gasteiger charge is -2.14. The maximum Gasteiger partial charge on any atom is 0.193 e. The summed E-state index contributed by atoms with van der Waals surface area (Å²) < 4.78 is 7.27. The quantitative estimate of drug-likeness (QED) is 0.877. The van der Waals surface area contributed by atoms with Gasteiger partial charge in [0, 0.05) is 36.7 Å². The van der Waals surface area contributed by atoms with Gasteiger partial charge in [-0.1, -0.05) is 0 Å². The summed E-state index contributed by atoms with van der Waals surface area (Å²) >= 11 is 1.61. The van der Waals surface area contributed by atoms with Gasteiger partial charge in [0.05, 0.1) is 18.4 Å². The monoisotopic (exact) mass is 238 g/mol. The van der Waals surface area contributed by atoms with Crippen LogP contribution in [0.4, 0.5) is 0 Å². The van der Waals surface area contributed by atoms with E-state index in [-0.39, 0.29) is 12.0 Å². The van der Waals surface area contributed by atoms with Crippen molar-refractivity contribution in [1.29, 1.82) is 0 Å². The Kier molecular flexibility index (Phi) is 2.67. The number of hydrogen-bond acceptors (Lipinski definition) is 4. The summed E-state index contributed by atoms with van der Waals surface area (Å²) in [6.07, 6.45) is 5.24. The molecule has 2 aromatic heterocycles. The molecule has 1 fully saturated rings. The fourth-order valence-corrected chi connectivity index (χ4v) is 2.83. The van der Waals surface area contributed by atoms with Crippen LogP contribution in [0, 0.1) is 5.92 Å². The van der Waals surface area contributed by atoms with Gasteiger partial charge in [0.1, 0.15) is 0 Å². The van der Waals surface area contributed by atoms with Crippen molar-refractivity contribution in [2.75, 3.05) is 13.2 Å². The molecule has 0 radical (unpaired) electrons. The molecule has 0 spiro atoms. The van der Waals surface area contributed by atoms with Crippen molar-refractivity contribution in [2.24, 2.45) is 5.92 Å². The molecule has 16 heavy (non-hydrogen) atoms. The van der Waals surface area contributed by atoms with Crippen molar-refractivity contribution in [2.45, 2.75) is 18.9 Å². The first-order valence-corrected chi connectivity index (χ1v) is 6.38. The van der Waals surface area contributed by atoms with E-state index in [1.165, 1.54) is 0 Å². The highest BCUT2D eigenvalue weighted by atomic mass is 32.1. The number of fused-ring (bicyclic) bond motifs is 1. The molecule has 5 heteroatoms. The van der Waals surface area contributed by atoms with E-state index in [0.717, 1.165) is 23.7 Å². The molecule has 0 amide bonds. The Balaban J connectivity index is 1.71. The number of thiazole rings is 1. The summed E-state index contributed by atoms with van der Waals surface area (Å²) in [5.74, 6) is 0.278. The summed E-state index contributed by atoms with van der Waals surface area (Å²) in [6, 6.07) is 0. The van der Waals surface area contributed by atoms with Crippen molar-refractivity contribution in [1.82, 2.24) is 9.38 Å². The van der Waals surface area contributed by atoms with E-state index in [1.54, 1.807) is 11.3 Å². The van der Waals surface area contributed by atoms with E-state index in [0.29, 0.717) is 13.0 Å². The molecule has 86 valence electrons. The van der Waals surface area contributed by atoms with Crippen molar-refractivity contribution < 1.29 is 9.84 Å². The third kappa shape index (κ3) is 1.86. The zero-order valence-electron chi connectivity index (χ0n) is 8.87. The molecule has 0 aromatic carbocycles. The Morgan fingerprint density at radius 3 is 3.38 bits per heavy atom. The van der Waals surface area contributed by atoms with Gasteiger partial charge >= 0.3 is 0 Å². The van der Waals surface area contributed by atoms with E-state index >= 15 is 0 Å². The molecule has 0 aliphatic carbocycles. The highest BCUT2D eigenvalue weighted by Gasteiger charge is 2.24. The lowest BCUT2D eigenvalue weighted by molar-refractivity contribution is 0.0912. The highest BCUT2D eigenvalue weighted by Crippen LogP contribution is 2.20. The predicted molar refractivity (Wildman–Crippen MR) is 61.7 cm³/mol. The highest BCUT2D eigenvalue weighted by molar-refractivity contribution is 7.15. The molecule has 2 aromatic rings. The predicted octanol–water partition coefficient (Wildman–Crippen LogP) is 1.34. The number of ether oxygens (including phenoxy) is 1. The number of aliphatic hydroxyl groups excluding tert-OH is 1. The average Bonchev–Trinajstić information content (AvgIpc) is 2.91. The van der Waals surface area contributed by atoms with Crippen molar-refractivity contribution in [3.05, 3.63) is 23.5 Å². The topological polar surface area (TPSA) is 46.8 Å². The molecule has 1 N–H and O–H groups in total. The summed E-state index contributed by atoms with van der Waals surface area (Å²) in [7, 11) is 0. The van der Waals surface area contributed by atoms with E-state index in [1.807, 2.05) is 22.2 Å².